The molecule has 3 rings (SSSR count). The molecule has 0 aliphatic carbocycles. The monoisotopic (exact) mass is 397 g/mol. The fourth-order valence-corrected chi connectivity index (χ4v) is 7.44. The molecule has 1 amide bonds. The summed E-state index contributed by atoms with van der Waals surface area (Å²) in [5.74, 6) is -0.559. The van der Waals surface area contributed by atoms with Gasteiger partial charge in [0.15, 0.2) is 5.60 Å². The summed E-state index contributed by atoms with van der Waals surface area (Å²) in [7, 11) is -3.15. The Morgan fingerprint density at radius 3 is 2.77 bits per heavy atom. The summed E-state index contributed by atoms with van der Waals surface area (Å²) < 4.78 is 21.5. The predicted octanol–water partition coefficient (Wildman–Crippen LogP) is 4.03. The molecular weight excluding hydrogens is 373 g/mol. The summed E-state index contributed by atoms with van der Waals surface area (Å²) in [6, 6.07) is 5.29. The molecule has 142 valence electrons. The van der Waals surface area contributed by atoms with Crippen molar-refractivity contribution in [1.29, 1.82) is 0 Å². The Morgan fingerprint density at radius 2 is 2.19 bits per heavy atom. The average Bonchev–Trinajstić information content (AvgIpc) is 2.96. The Hall–Kier alpha value is -1.21. The summed E-state index contributed by atoms with van der Waals surface area (Å²) in [5, 5.41) is 9.96. The van der Waals surface area contributed by atoms with E-state index in [0.29, 0.717) is 23.6 Å². The molecule has 0 bridgehead atoms. The van der Waals surface area contributed by atoms with E-state index in [4.69, 9.17) is 16.3 Å². The number of nitrogens with zero attached hydrogens (tertiary/aromatic N) is 1. The van der Waals surface area contributed by atoms with Crippen molar-refractivity contribution in [2.75, 3.05) is 18.1 Å². The zero-order valence-electron chi connectivity index (χ0n) is 15.3. The second kappa shape index (κ2) is 6.75. The highest BCUT2D eigenvalue weighted by atomic mass is 35.5. The molecule has 2 aliphatic heterocycles. The molecule has 0 aromatic heterocycles. The number of hydrogen-bond acceptors (Lipinski definition) is 3. The Kier molecular flexibility index (Phi) is 5.07. The van der Waals surface area contributed by atoms with Crippen LogP contribution in [0.15, 0.2) is 30.9 Å². The molecule has 2 heterocycles. The largest absolute Gasteiger partial charge is 0.396 e. The van der Waals surface area contributed by atoms with Gasteiger partial charge in [-0.2, -0.15) is 0 Å². The third-order valence-electron chi connectivity index (χ3n) is 5.65. The van der Waals surface area contributed by atoms with Crippen molar-refractivity contribution < 1.29 is 18.7 Å². The lowest BCUT2D eigenvalue weighted by molar-refractivity contribution is -0.146. The van der Waals surface area contributed by atoms with Gasteiger partial charge in [-0.3, -0.25) is 4.79 Å². The van der Waals surface area contributed by atoms with Crippen LogP contribution in [0.4, 0.5) is 9.80 Å². The first-order valence-corrected chi connectivity index (χ1v) is 12.2. The topological polar surface area (TPSA) is 49.8 Å². The van der Waals surface area contributed by atoms with E-state index in [1.165, 1.54) is 0 Å². The first-order chi connectivity index (χ1) is 12.2. The minimum Gasteiger partial charge on any atom is -0.396 e. The van der Waals surface area contributed by atoms with E-state index in [2.05, 4.69) is 6.58 Å². The van der Waals surface area contributed by atoms with Gasteiger partial charge in [0.2, 0.25) is 8.41 Å². The van der Waals surface area contributed by atoms with Gasteiger partial charge in [-0.25, -0.2) is 0 Å². The number of hydrogen-bond donors (Lipinski definition) is 1. The minimum absolute atomic E-state index is 0.110. The Balaban J connectivity index is 2.18. The van der Waals surface area contributed by atoms with Crippen molar-refractivity contribution in [3.63, 3.8) is 0 Å². The number of ether oxygens (including phenoxy) is 1. The molecule has 1 aromatic carbocycles. The first kappa shape index (κ1) is 19.5. The molecule has 4 nitrogen and oxygen atoms in total. The van der Waals surface area contributed by atoms with Crippen molar-refractivity contribution in [1.82, 2.24) is 0 Å². The highest BCUT2D eigenvalue weighted by molar-refractivity contribution is 6.72. The number of benzene rings is 1. The maximum Gasteiger partial charge on any atom is 0.264 e. The third-order valence-corrected chi connectivity index (χ3v) is 8.34. The third kappa shape index (κ3) is 2.74. The summed E-state index contributed by atoms with van der Waals surface area (Å²) in [6.07, 6.45) is 1.47. The zero-order valence-corrected chi connectivity index (χ0v) is 17.1. The molecule has 4 atom stereocenters. The molecule has 26 heavy (non-hydrogen) atoms. The average molecular weight is 398 g/mol. The van der Waals surface area contributed by atoms with Crippen LogP contribution in [0.2, 0.25) is 23.7 Å². The summed E-state index contributed by atoms with van der Waals surface area (Å²) in [4.78, 5) is 15.1. The second-order valence-electron chi connectivity index (χ2n) is 7.65. The standard InChI is InChI=1S/C19H25ClFNO3Si/c1-5-9-22-15-7-6-13(20)11-14(15)19(18(22)24)12(2)17(26(3,4)21)16(25-19)8-10-23/h5-7,11-12,16-17,23H,1,8-10H2,2-4H3/t12-,16+,17-,19+/m1/s1. The minimum atomic E-state index is -3.15. The molecule has 2 aliphatic rings. The Labute approximate surface area is 159 Å². The maximum absolute atomic E-state index is 15.2. The lowest BCUT2D eigenvalue weighted by atomic mass is 9.82. The van der Waals surface area contributed by atoms with Crippen LogP contribution < -0.4 is 4.90 Å². The number of carbonyl (C=O) groups excluding carboxylic acids is 1. The molecule has 1 fully saturated rings. The number of fused-ring (bicyclic) bond motifs is 2. The van der Waals surface area contributed by atoms with Crippen LogP contribution in [0.5, 0.6) is 0 Å². The number of amides is 1. The van der Waals surface area contributed by atoms with E-state index in [1.54, 1.807) is 42.3 Å². The number of aliphatic hydroxyl groups excluding tert-OH is 1. The van der Waals surface area contributed by atoms with Crippen LogP contribution in [0.3, 0.4) is 0 Å². The van der Waals surface area contributed by atoms with Gasteiger partial charge in [-0.05, 0) is 37.7 Å². The summed E-state index contributed by atoms with van der Waals surface area (Å²) in [5.41, 5.74) is -0.237. The molecular formula is C19H25ClFNO3Si. The number of anilines is 1. The van der Waals surface area contributed by atoms with E-state index in [0.717, 1.165) is 5.69 Å². The Bertz CT molecular complexity index is 738. The van der Waals surface area contributed by atoms with Crippen molar-refractivity contribution in [2.24, 2.45) is 5.92 Å². The zero-order chi connectivity index (χ0) is 19.3. The van der Waals surface area contributed by atoms with Crippen LogP contribution >= 0.6 is 11.6 Å². The van der Waals surface area contributed by atoms with Gasteiger partial charge in [0.25, 0.3) is 5.91 Å². The van der Waals surface area contributed by atoms with Gasteiger partial charge in [0.1, 0.15) is 0 Å². The number of aliphatic hydroxyl groups is 1. The van der Waals surface area contributed by atoms with Gasteiger partial charge in [-0.1, -0.05) is 24.6 Å². The van der Waals surface area contributed by atoms with Crippen LogP contribution in [0.25, 0.3) is 0 Å². The van der Waals surface area contributed by atoms with Crippen LogP contribution in [0, 0.1) is 5.92 Å². The predicted molar refractivity (Wildman–Crippen MR) is 104 cm³/mol. The number of rotatable bonds is 5. The fourth-order valence-electron chi connectivity index (χ4n) is 4.73. The second-order valence-corrected chi connectivity index (χ2v) is 11.9. The van der Waals surface area contributed by atoms with E-state index in [9.17, 15) is 9.90 Å². The molecule has 0 radical (unpaired) electrons. The van der Waals surface area contributed by atoms with Gasteiger partial charge in [0, 0.05) is 35.2 Å². The highest BCUT2D eigenvalue weighted by Gasteiger charge is 2.66. The molecule has 1 N–H and O–H groups in total. The van der Waals surface area contributed by atoms with Crippen LogP contribution in [0.1, 0.15) is 18.9 Å². The number of halogens is 2. The van der Waals surface area contributed by atoms with E-state index < -0.39 is 25.7 Å². The smallest absolute Gasteiger partial charge is 0.264 e. The van der Waals surface area contributed by atoms with Crippen molar-refractivity contribution in [2.45, 2.75) is 43.7 Å². The first-order valence-electron chi connectivity index (χ1n) is 8.89. The molecule has 0 unspecified atom stereocenters. The van der Waals surface area contributed by atoms with Crippen LogP contribution in [-0.2, 0) is 15.1 Å². The van der Waals surface area contributed by atoms with E-state index in [1.807, 2.05) is 6.92 Å². The summed E-state index contributed by atoms with van der Waals surface area (Å²) in [6.45, 7) is 9.13. The van der Waals surface area contributed by atoms with Gasteiger partial charge in [-0.15, -0.1) is 6.58 Å². The quantitative estimate of drug-likeness (QED) is 0.463. The molecule has 7 heteroatoms. The SMILES string of the molecule is C=CCN1C(=O)[C@@]2(O[C@@H](CCO)[C@H]([Si](C)(C)F)[C@H]2C)c2cc(Cl)ccc21. The molecule has 1 saturated heterocycles. The van der Waals surface area contributed by atoms with Gasteiger partial charge in [0.05, 0.1) is 11.8 Å². The van der Waals surface area contributed by atoms with Gasteiger partial charge < -0.3 is 18.9 Å². The van der Waals surface area contributed by atoms with Gasteiger partial charge >= 0.3 is 0 Å². The van der Waals surface area contributed by atoms with E-state index >= 15 is 4.11 Å². The van der Waals surface area contributed by atoms with Crippen molar-refractivity contribution >= 4 is 31.6 Å². The Morgan fingerprint density at radius 1 is 1.50 bits per heavy atom. The molecule has 0 saturated carbocycles. The lowest BCUT2D eigenvalue weighted by Crippen LogP contribution is -2.45. The van der Waals surface area contributed by atoms with E-state index in [-0.39, 0.29) is 18.4 Å². The highest BCUT2D eigenvalue weighted by Crippen LogP contribution is 2.60. The van der Waals surface area contributed by atoms with Crippen molar-refractivity contribution in [3.05, 3.63) is 41.4 Å². The number of carbonyl (C=O) groups is 1. The van der Waals surface area contributed by atoms with Crippen molar-refractivity contribution in [3.8, 4) is 0 Å². The normalized spacial score (nSPS) is 30.9. The summed E-state index contributed by atoms with van der Waals surface area (Å²) >= 11 is 6.22. The molecule has 1 aromatic rings. The fraction of sp³-hybridized carbons (Fsp3) is 0.526. The maximum atomic E-state index is 15.2. The lowest BCUT2D eigenvalue weighted by Gasteiger charge is -2.31. The molecule has 1 spiro atoms. The van der Waals surface area contributed by atoms with Crippen LogP contribution in [-0.4, -0.2) is 38.7 Å².